The minimum atomic E-state index is -0.412. The van der Waals surface area contributed by atoms with Crippen LogP contribution in [0.25, 0.3) is 17.3 Å². The third kappa shape index (κ3) is 4.38. The first-order valence-electron chi connectivity index (χ1n) is 9.79. The van der Waals surface area contributed by atoms with Gasteiger partial charge in [0.15, 0.2) is 0 Å². The summed E-state index contributed by atoms with van der Waals surface area (Å²) in [7, 11) is 0. The lowest BCUT2D eigenvalue weighted by molar-refractivity contribution is -0.136. The molecule has 30 heavy (non-hydrogen) atoms. The monoisotopic (exact) mass is 398 g/mol. The van der Waals surface area contributed by atoms with E-state index in [-0.39, 0.29) is 0 Å². The Hall–Kier alpha value is -3.93. The van der Waals surface area contributed by atoms with Crippen molar-refractivity contribution in [2.24, 2.45) is 0 Å². The van der Waals surface area contributed by atoms with Crippen molar-refractivity contribution in [2.75, 3.05) is 6.61 Å². The van der Waals surface area contributed by atoms with E-state index in [9.17, 15) is 4.79 Å². The van der Waals surface area contributed by atoms with Crippen molar-refractivity contribution in [2.45, 2.75) is 13.5 Å². The van der Waals surface area contributed by atoms with E-state index < -0.39 is 5.97 Å². The third-order valence-electron chi connectivity index (χ3n) is 4.58. The van der Waals surface area contributed by atoms with E-state index in [0.717, 1.165) is 16.8 Å². The van der Waals surface area contributed by atoms with Gasteiger partial charge in [-0.05, 0) is 30.7 Å². The first-order valence-corrected chi connectivity index (χ1v) is 9.79. The van der Waals surface area contributed by atoms with Gasteiger partial charge in [0.1, 0.15) is 11.4 Å². The summed E-state index contributed by atoms with van der Waals surface area (Å²) in [6.07, 6.45) is 8.92. The molecule has 2 heterocycles. The quantitative estimate of drug-likeness (QED) is 0.345. The Kier molecular flexibility index (Phi) is 5.85. The normalized spacial score (nSPS) is 11.4. The maximum absolute atomic E-state index is 12.8. The standard InChI is InChI=1S/C24H22N4O2/c1-2-30-24(29)22(15-20-16-26-28(18-20)21-11-7-4-8-12-21)23-25-13-14-27(23)17-19-9-5-3-6-10-19/h3-16,18H,2,17H2,1H3/b22-15+. The Morgan fingerprint density at radius 1 is 1.07 bits per heavy atom. The van der Waals surface area contributed by atoms with Crippen LogP contribution in [0.5, 0.6) is 0 Å². The van der Waals surface area contributed by atoms with Crippen LogP contribution < -0.4 is 0 Å². The maximum Gasteiger partial charge on any atom is 0.341 e. The van der Waals surface area contributed by atoms with Gasteiger partial charge >= 0.3 is 5.97 Å². The molecule has 0 radical (unpaired) electrons. The van der Waals surface area contributed by atoms with Crippen molar-refractivity contribution < 1.29 is 9.53 Å². The highest BCUT2D eigenvalue weighted by Gasteiger charge is 2.19. The topological polar surface area (TPSA) is 61.9 Å². The van der Waals surface area contributed by atoms with Crippen molar-refractivity contribution in [3.63, 3.8) is 0 Å². The number of esters is 1. The van der Waals surface area contributed by atoms with Gasteiger partial charge in [-0.1, -0.05) is 48.5 Å². The number of hydrogen-bond donors (Lipinski definition) is 0. The number of nitrogens with zero attached hydrogens (tertiary/aromatic N) is 4. The summed E-state index contributed by atoms with van der Waals surface area (Å²) in [5, 5.41) is 4.41. The van der Waals surface area contributed by atoms with Crippen LogP contribution in [0.1, 0.15) is 23.9 Å². The lowest BCUT2D eigenvalue weighted by atomic mass is 10.1. The fourth-order valence-electron chi connectivity index (χ4n) is 3.18. The molecule has 0 bridgehead atoms. The molecule has 0 saturated carbocycles. The number of rotatable bonds is 7. The lowest BCUT2D eigenvalue weighted by Gasteiger charge is -2.10. The maximum atomic E-state index is 12.8. The SMILES string of the molecule is CCOC(=O)/C(=C/c1cnn(-c2ccccc2)c1)c1nccn1Cc1ccccc1. The molecule has 0 spiro atoms. The van der Waals surface area contributed by atoms with Crippen molar-refractivity contribution >= 4 is 17.6 Å². The smallest absolute Gasteiger partial charge is 0.341 e. The van der Waals surface area contributed by atoms with Crippen molar-refractivity contribution in [3.8, 4) is 5.69 Å². The molecule has 0 amide bonds. The van der Waals surface area contributed by atoms with E-state index in [1.807, 2.05) is 77.6 Å². The van der Waals surface area contributed by atoms with Crippen molar-refractivity contribution in [1.29, 1.82) is 0 Å². The summed E-state index contributed by atoms with van der Waals surface area (Å²) in [6.45, 7) is 2.69. The lowest BCUT2D eigenvalue weighted by Crippen LogP contribution is -2.12. The summed E-state index contributed by atoms with van der Waals surface area (Å²) < 4.78 is 9.02. The van der Waals surface area contributed by atoms with E-state index in [4.69, 9.17) is 4.74 Å². The highest BCUT2D eigenvalue weighted by molar-refractivity contribution is 6.20. The van der Waals surface area contributed by atoms with Crippen LogP contribution in [-0.2, 0) is 16.1 Å². The first kappa shape index (κ1) is 19.4. The minimum absolute atomic E-state index is 0.291. The highest BCUT2D eigenvalue weighted by Crippen LogP contribution is 2.20. The Labute approximate surface area is 175 Å². The molecule has 0 aliphatic carbocycles. The van der Waals surface area contributed by atoms with Gasteiger partial charge in [0.25, 0.3) is 0 Å². The van der Waals surface area contributed by atoms with Crippen LogP contribution in [-0.4, -0.2) is 31.9 Å². The molecule has 0 N–H and O–H groups in total. The Morgan fingerprint density at radius 3 is 2.53 bits per heavy atom. The molecular formula is C24H22N4O2. The van der Waals surface area contributed by atoms with Gasteiger partial charge in [-0.25, -0.2) is 14.5 Å². The summed E-state index contributed by atoms with van der Waals surface area (Å²) >= 11 is 0. The molecule has 0 aliphatic heterocycles. The molecule has 0 fully saturated rings. The molecule has 4 rings (SSSR count). The Bertz CT molecular complexity index is 1140. The molecule has 6 nitrogen and oxygen atoms in total. The number of carbonyl (C=O) groups excluding carboxylic acids is 1. The van der Waals surface area contributed by atoms with Crippen LogP contribution in [0.3, 0.4) is 0 Å². The Balaban J connectivity index is 1.69. The average molecular weight is 398 g/mol. The molecule has 150 valence electrons. The zero-order chi connectivity index (χ0) is 20.8. The fourth-order valence-corrected chi connectivity index (χ4v) is 3.18. The molecule has 4 aromatic rings. The van der Waals surface area contributed by atoms with Gasteiger partial charge in [0, 0.05) is 30.7 Å². The van der Waals surface area contributed by atoms with E-state index in [1.54, 1.807) is 30.1 Å². The molecule has 2 aromatic heterocycles. The molecule has 2 aromatic carbocycles. The number of imidazole rings is 1. The summed E-state index contributed by atoms with van der Waals surface area (Å²) in [5.41, 5.74) is 3.25. The number of aromatic nitrogens is 4. The van der Waals surface area contributed by atoms with Crippen LogP contribution in [0, 0.1) is 0 Å². The number of benzene rings is 2. The van der Waals surface area contributed by atoms with Gasteiger partial charge in [0.05, 0.1) is 18.5 Å². The minimum Gasteiger partial charge on any atom is -0.462 e. The second-order valence-electron chi connectivity index (χ2n) is 6.70. The zero-order valence-electron chi connectivity index (χ0n) is 16.7. The van der Waals surface area contributed by atoms with E-state index in [0.29, 0.717) is 24.5 Å². The van der Waals surface area contributed by atoms with Crippen LogP contribution in [0.2, 0.25) is 0 Å². The van der Waals surface area contributed by atoms with E-state index in [1.165, 1.54) is 0 Å². The average Bonchev–Trinajstić information content (AvgIpc) is 3.43. The van der Waals surface area contributed by atoms with Crippen LogP contribution in [0.4, 0.5) is 0 Å². The van der Waals surface area contributed by atoms with Gasteiger partial charge in [-0.2, -0.15) is 5.10 Å². The van der Waals surface area contributed by atoms with Gasteiger partial charge in [-0.15, -0.1) is 0 Å². The van der Waals surface area contributed by atoms with Crippen molar-refractivity contribution in [1.82, 2.24) is 19.3 Å². The van der Waals surface area contributed by atoms with Gasteiger partial charge in [-0.3, -0.25) is 0 Å². The molecule has 0 saturated heterocycles. The zero-order valence-corrected chi connectivity index (χ0v) is 16.7. The Morgan fingerprint density at radius 2 is 1.80 bits per heavy atom. The number of carbonyl (C=O) groups is 1. The van der Waals surface area contributed by atoms with Gasteiger partial charge < -0.3 is 9.30 Å². The van der Waals surface area contributed by atoms with E-state index in [2.05, 4.69) is 10.1 Å². The summed E-state index contributed by atoms with van der Waals surface area (Å²) in [6, 6.07) is 19.9. The van der Waals surface area contributed by atoms with E-state index >= 15 is 0 Å². The predicted octanol–water partition coefficient (Wildman–Crippen LogP) is 4.22. The molecule has 0 unspecified atom stereocenters. The molecule has 0 atom stereocenters. The largest absolute Gasteiger partial charge is 0.462 e. The number of para-hydroxylation sites is 1. The molecule has 6 heteroatoms. The van der Waals surface area contributed by atoms with Crippen LogP contribution in [0.15, 0.2) is 85.5 Å². The van der Waals surface area contributed by atoms with Crippen LogP contribution >= 0.6 is 0 Å². The number of ether oxygens (including phenoxy) is 1. The second-order valence-corrected chi connectivity index (χ2v) is 6.70. The number of hydrogen-bond acceptors (Lipinski definition) is 4. The summed E-state index contributed by atoms with van der Waals surface area (Å²) in [5.74, 6) is 0.148. The highest BCUT2D eigenvalue weighted by atomic mass is 16.5. The van der Waals surface area contributed by atoms with Crippen molar-refractivity contribution in [3.05, 3.63) is 102 Å². The third-order valence-corrected chi connectivity index (χ3v) is 4.58. The fraction of sp³-hybridized carbons (Fsp3) is 0.125. The first-order chi connectivity index (χ1) is 14.7. The van der Waals surface area contributed by atoms with Gasteiger partial charge in [0.2, 0.25) is 0 Å². The molecular weight excluding hydrogens is 376 g/mol. The predicted molar refractivity (Wildman–Crippen MR) is 116 cm³/mol. The second kappa shape index (κ2) is 9.05. The summed E-state index contributed by atoms with van der Waals surface area (Å²) in [4.78, 5) is 17.2. The molecule has 0 aliphatic rings.